The third kappa shape index (κ3) is 3.25. The topological polar surface area (TPSA) is 20.3 Å². The Morgan fingerprint density at radius 2 is 1.85 bits per heavy atom. The van der Waals surface area contributed by atoms with Crippen molar-refractivity contribution in [2.45, 2.75) is 13.5 Å². The molecule has 0 saturated heterocycles. The van der Waals surface area contributed by atoms with Crippen LogP contribution in [0.5, 0.6) is 0 Å². The number of hydrogen-bond donors (Lipinski definition) is 0. The molecule has 0 N–H and O–H groups in total. The molecule has 0 radical (unpaired) electrons. The molecule has 20 heavy (non-hydrogen) atoms. The second kappa shape index (κ2) is 6.18. The van der Waals surface area contributed by atoms with Crippen LogP contribution in [0.3, 0.4) is 0 Å². The van der Waals surface area contributed by atoms with Gasteiger partial charge in [-0.1, -0.05) is 35.9 Å². The van der Waals surface area contributed by atoms with E-state index in [1.165, 1.54) is 16.5 Å². The van der Waals surface area contributed by atoms with Crippen LogP contribution in [-0.4, -0.2) is 17.9 Å². The Labute approximate surface area is 126 Å². The summed E-state index contributed by atoms with van der Waals surface area (Å²) in [5.74, 6) is -0.851. The first kappa shape index (κ1) is 14.7. The van der Waals surface area contributed by atoms with E-state index in [1.54, 1.807) is 19.2 Å². The van der Waals surface area contributed by atoms with Crippen LogP contribution in [0.15, 0.2) is 46.9 Å². The standard InChI is InChI=1S/C16H15BrFNO/c1-11-6-8-12(9-7-11)10-19(2)16(20)15-13(17)4-3-5-14(15)18/h3-9H,10H2,1-2H3. The van der Waals surface area contributed by atoms with E-state index in [0.29, 0.717) is 11.0 Å². The highest BCUT2D eigenvalue weighted by atomic mass is 79.9. The van der Waals surface area contributed by atoms with Gasteiger partial charge in [-0.2, -0.15) is 0 Å². The highest BCUT2D eigenvalue weighted by Gasteiger charge is 2.19. The van der Waals surface area contributed by atoms with Crippen LogP contribution in [0.2, 0.25) is 0 Å². The van der Waals surface area contributed by atoms with Gasteiger partial charge in [-0.15, -0.1) is 0 Å². The van der Waals surface area contributed by atoms with Crippen molar-refractivity contribution in [2.75, 3.05) is 7.05 Å². The lowest BCUT2D eigenvalue weighted by Gasteiger charge is -2.18. The van der Waals surface area contributed by atoms with Gasteiger partial charge in [0.15, 0.2) is 0 Å². The Kier molecular flexibility index (Phi) is 4.55. The summed E-state index contributed by atoms with van der Waals surface area (Å²) in [6, 6.07) is 12.4. The molecule has 0 bridgehead atoms. The first-order valence-electron chi connectivity index (χ1n) is 6.24. The predicted molar refractivity (Wildman–Crippen MR) is 81.1 cm³/mol. The molecule has 1 amide bonds. The molecule has 0 unspecified atom stereocenters. The highest BCUT2D eigenvalue weighted by Crippen LogP contribution is 2.21. The largest absolute Gasteiger partial charge is 0.337 e. The number of carbonyl (C=O) groups excluding carboxylic acids is 1. The number of carbonyl (C=O) groups is 1. The lowest BCUT2D eigenvalue weighted by Crippen LogP contribution is -2.27. The summed E-state index contributed by atoms with van der Waals surface area (Å²) < 4.78 is 14.2. The molecule has 2 aromatic rings. The van der Waals surface area contributed by atoms with Crippen molar-refractivity contribution in [3.63, 3.8) is 0 Å². The van der Waals surface area contributed by atoms with Gasteiger partial charge >= 0.3 is 0 Å². The third-order valence-corrected chi connectivity index (χ3v) is 3.72. The minimum absolute atomic E-state index is 0.0714. The number of rotatable bonds is 3. The Hall–Kier alpha value is -1.68. The van der Waals surface area contributed by atoms with Gasteiger partial charge in [0.2, 0.25) is 0 Å². The van der Waals surface area contributed by atoms with E-state index in [-0.39, 0.29) is 11.5 Å². The van der Waals surface area contributed by atoms with Crippen molar-refractivity contribution < 1.29 is 9.18 Å². The number of hydrogen-bond acceptors (Lipinski definition) is 1. The van der Waals surface area contributed by atoms with Crippen LogP contribution in [0, 0.1) is 12.7 Å². The smallest absolute Gasteiger partial charge is 0.258 e. The molecule has 0 aliphatic carbocycles. The van der Waals surface area contributed by atoms with Gasteiger partial charge in [-0.3, -0.25) is 4.79 Å². The first-order valence-corrected chi connectivity index (χ1v) is 7.03. The van der Waals surface area contributed by atoms with E-state index >= 15 is 0 Å². The molecule has 4 heteroatoms. The number of amides is 1. The molecule has 0 aliphatic heterocycles. The fourth-order valence-electron chi connectivity index (χ4n) is 1.93. The minimum Gasteiger partial charge on any atom is -0.337 e. The van der Waals surface area contributed by atoms with Crippen molar-refractivity contribution in [3.8, 4) is 0 Å². The lowest BCUT2D eigenvalue weighted by molar-refractivity contribution is 0.0779. The highest BCUT2D eigenvalue weighted by molar-refractivity contribution is 9.10. The van der Waals surface area contributed by atoms with Crippen molar-refractivity contribution in [3.05, 3.63) is 69.4 Å². The predicted octanol–water partition coefficient (Wildman–Crippen LogP) is 4.17. The second-order valence-corrected chi connectivity index (χ2v) is 5.60. The van der Waals surface area contributed by atoms with Crippen molar-refractivity contribution in [1.29, 1.82) is 0 Å². The Bertz CT molecular complexity index is 605. The van der Waals surface area contributed by atoms with Gasteiger partial charge in [0.05, 0.1) is 5.56 Å². The molecule has 0 spiro atoms. The molecule has 0 heterocycles. The van der Waals surface area contributed by atoms with Crippen LogP contribution >= 0.6 is 15.9 Å². The maximum Gasteiger partial charge on any atom is 0.258 e. The van der Waals surface area contributed by atoms with Gasteiger partial charge in [0.1, 0.15) is 5.82 Å². The van der Waals surface area contributed by atoms with E-state index in [0.717, 1.165) is 5.56 Å². The number of nitrogens with zero attached hydrogens (tertiary/aromatic N) is 1. The molecule has 104 valence electrons. The zero-order valence-electron chi connectivity index (χ0n) is 11.4. The molecule has 2 aromatic carbocycles. The summed E-state index contributed by atoms with van der Waals surface area (Å²) in [6.45, 7) is 2.45. The van der Waals surface area contributed by atoms with E-state index in [2.05, 4.69) is 15.9 Å². The van der Waals surface area contributed by atoms with Gasteiger partial charge in [0.25, 0.3) is 5.91 Å². The monoisotopic (exact) mass is 335 g/mol. The molecule has 0 aromatic heterocycles. The van der Waals surface area contributed by atoms with Gasteiger partial charge in [-0.05, 0) is 40.5 Å². The molecular formula is C16H15BrFNO. The summed E-state index contributed by atoms with van der Waals surface area (Å²) in [4.78, 5) is 13.8. The quantitative estimate of drug-likeness (QED) is 0.824. The normalized spacial score (nSPS) is 10.4. The first-order chi connectivity index (χ1) is 9.49. The maximum atomic E-state index is 13.8. The number of benzene rings is 2. The molecule has 0 aliphatic rings. The molecule has 0 atom stereocenters. The average Bonchev–Trinajstić information content (AvgIpc) is 2.41. The van der Waals surface area contributed by atoms with Crippen LogP contribution < -0.4 is 0 Å². The second-order valence-electron chi connectivity index (χ2n) is 4.74. The summed E-state index contributed by atoms with van der Waals surface area (Å²) in [5, 5.41) is 0. The summed E-state index contributed by atoms with van der Waals surface area (Å²) in [5.41, 5.74) is 2.25. The zero-order valence-corrected chi connectivity index (χ0v) is 12.9. The molecule has 0 fully saturated rings. The van der Waals surface area contributed by atoms with E-state index in [1.807, 2.05) is 31.2 Å². The van der Waals surface area contributed by atoms with Gasteiger partial charge in [-0.25, -0.2) is 4.39 Å². The lowest BCUT2D eigenvalue weighted by atomic mass is 10.1. The van der Waals surface area contributed by atoms with Gasteiger partial charge in [0, 0.05) is 18.1 Å². The van der Waals surface area contributed by atoms with Gasteiger partial charge < -0.3 is 4.90 Å². The summed E-state index contributed by atoms with van der Waals surface area (Å²) >= 11 is 3.22. The van der Waals surface area contributed by atoms with E-state index < -0.39 is 5.82 Å². The van der Waals surface area contributed by atoms with E-state index in [4.69, 9.17) is 0 Å². The van der Waals surface area contributed by atoms with Crippen LogP contribution in [0.4, 0.5) is 4.39 Å². The fraction of sp³-hybridized carbons (Fsp3) is 0.188. The number of halogens is 2. The third-order valence-electron chi connectivity index (χ3n) is 3.06. The van der Waals surface area contributed by atoms with Crippen molar-refractivity contribution in [2.24, 2.45) is 0 Å². The average molecular weight is 336 g/mol. The number of aryl methyl sites for hydroxylation is 1. The Balaban J connectivity index is 2.18. The zero-order chi connectivity index (χ0) is 14.7. The molecule has 2 rings (SSSR count). The maximum absolute atomic E-state index is 13.8. The SMILES string of the molecule is Cc1ccc(CN(C)C(=O)c2c(F)cccc2Br)cc1. The molecular weight excluding hydrogens is 321 g/mol. The minimum atomic E-state index is -0.514. The Morgan fingerprint density at radius 3 is 2.45 bits per heavy atom. The summed E-state index contributed by atoms with van der Waals surface area (Å²) in [7, 11) is 1.67. The van der Waals surface area contributed by atoms with Crippen LogP contribution in [0.1, 0.15) is 21.5 Å². The van der Waals surface area contributed by atoms with Crippen LogP contribution in [-0.2, 0) is 6.54 Å². The van der Waals surface area contributed by atoms with E-state index in [9.17, 15) is 9.18 Å². The fourth-order valence-corrected chi connectivity index (χ4v) is 2.44. The molecule has 2 nitrogen and oxygen atoms in total. The van der Waals surface area contributed by atoms with Crippen molar-refractivity contribution in [1.82, 2.24) is 4.90 Å². The Morgan fingerprint density at radius 1 is 1.20 bits per heavy atom. The molecule has 0 saturated carbocycles. The summed E-state index contributed by atoms with van der Waals surface area (Å²) in [6.07, 6.45) is 0. The van der Waals surface area contributed by atoms with Crippen LogP contribution in [0.25, 0.3) is 0 Å². The van der Waals surface area contributed by atoms with Crippen molar-refractivity contribution >= 4 is 21.8 Å².